The molecule has 1 saturated heterocycles. The van der Waals surface area contributed by atoms with Crippen molar-refractivity contribution >= 4 is 33.6 Å². The van der Waals surface area contributed by atoms with Gasteiger partial charge in [-0.1, -0.05) is 30.3 Å². The zero-order chi connectivity index (χ0) is 23.1. The summed E-state index contributed by atoms with van der Waals surface area (Å²) in [7, 11) is -2.14. The first-order chi connectivity index (χ1) is 15.3. The summed E-state index contributed by atoms with van der Waals surface area (Å²) in [6.07, 6.45) is 4.76. The van der Waals surface area contributed by atoms with E-state index < -0.39 is 10.0 Å². The molecule has 0 radical (unpaired) electrons. The number of hydrogen-bond acceptors (Lipinski definition) is 5. The number of nitrogens with two attached hydrogens (primary N) is 1. The quantitative estimate of drug-likeness (QED) is 0.524. The monoisotopic (exact) mass is 456 g/mol. The number of anilines is 1. The summed E-state index contributed by atoms with van der Waals surface area (Å²) in [5.74, 6) is -0.695. The lowest BCUT2D eigenvalue weighted by atomic mass is 9.97. The largest absolute Gasteiger partial charge is 0.369 e. The zero-order valence-corrected chi connectivity index (χ0v) is 18.8. The van der Waals surface area contributed by atoms with Crippen LogP contribution >= 0.6 is 0 Å². The molecule has 0 spiro atoms. The second-order valence-corrected chi connectivity index (χ2v) is 9.62. The summed E-state index contributed by atoms with van der Waals surface area (Å²) in [6, 6.07) is 13.8. The van der Waals surface area contributed by atoms with E-state index in [9.17, 15) is 18.0 Å². The number of nitrogens with one attached hydrogen (secondary N) is 2. The van der Waals surface area contributed by atoms with Gasteiger partial charge in [0.25, 0.3) is 0 Å². The molecule has 1 unspecified atom stereocenters. The van der Waals surface area contributed by atoms with Crippen molar-refractivity contribution in [1.29, 1.82) is 0 Å². The summed E-state index contributed by atoms with van der Waals surface area (Å²) in [5.41, 5.74) is 7.84. The molecule has 0 aliphatic carbocycles. The first kappa shape index (κ1) is 23.6. The number of rotatable bonds is 8. The number of nitrogens with zero attached hydrogens (tertiary/aromatic N) is 1. The van der Waals surface area contributed by atoms with Crippen molar-refractivity contribution in [1.82, 2.24) is 9.62 Å². The molecule has 1 atom stereocenters. The lowest BCUT2D eigenvalue weighted by molar-refractivity contribution is -0.123. The molecule has 0 saturated carbocycles. The third-order valence-electron chi connectivity index (χ3n) is 5.46. The first-order valence-electron chi connectivity index (χ1n) is 10.4. The van der Waals surface area contributed by atoms with Crippen LogP contribution in [0, 0.1) is 5.92 Å². The molecule has 1 heterocycles. The predicted octanol–water partition coefficient (Wildman–Crippen LogP) is 1.94. The van der Waals surface area contributed by atoms with E-state index >= 15 is 0 Å². The molecule has 1 aliphatic rings. The highest BCUT2D eigenvalue weighted by molar-refractivity contribution is 7.89. The zero-order valence-electron chi connectivity index (χ0n) is 18.0. The summed E-state index contributed by atoms with van der Waals surface area (Å²) >= 11 is 0. The molecule has 9 heteroatoms. The molecule has 3 rings (SSSR count). The Hall–Kier alpha value is -3.01. The molecule has 0 aromatic heterocycles. The van der Waals surface area contributed by atoms with E-state index in [0.29, 0.717) is 24.3 Å². The van der Waals surface area contributed by atoms with Crippen molar-refractivity contribution in [2.24, 2.45) is 11.7 Å². The summed E-state index contributed by atoms with van der Waals surface area (Å²) in [6.45, 7) is 2.12. The molecule has 1 aliphatic heterocycles. The summed E-state index contributed by atoms with van der Waals surface area (Å²) < 4.78 is 25.8. The van der Waals surface area contributed by atoms with E-state index in [-0.39, 0.29) is 22.6 Å². The Kier molecular flexibility index (Phi) is 7.79. The van der Waals surface area contributed by atoms with Gasteiger partial charge in [-0.2, -0.15) is 0 Å². The van der Waals surface area contributed by atoms with Gasteiger partial charge in [-0.3, -0.25) is 14.5 Å². The number of carbonyl (C=O) groups is 2. The van der Waals surface area contributed by atoms with Crippen LogP contribution in [-0.4, -0.2) is 45.3 Å². The van der Waals surface area contributed by atoms with Crippen LogP contribution in [0.25, 0.3) is 6.08 Å². The molecular formula is C23H28N4O4S. The third kappa shape index (κ3) is 6.25. The van der Waals surface area contributed by atoms with Crippen LogP contribution in [0.5, 0.6) is 0 Å². The Morgan fingerprint density at radius 3 is 2.56 bits per heavy atom. The average Bonchev–Trinajstić information content (AvgIpc) is 2.79. The van der Waals surface area contributed by atoms with E-state index in [2.05, 4.69) is 14.9 Å². The maximum atomic E-state index is 12.5. The van der Waals surface area contributed by atoms with Crippen molar-refractivity contribution in [2.45, 2.75) is 24.3 Å². The van der Waals surface area contributed by atoms with E-state index in [4.69, 9.17) is 5.73 Å². The summed E-state index contributed by atoms with van der Waals surface area (Å²) in [4.78, 5) is 26.3. The standard InChI is InChI=1S/C23H28N4O4S/c1-25-32(30,31)20-11-8-17(9-12-20)10-13-22(28)26-21-7-3-2-5-18(21)15-27-14-4-6-19(16-27)23(24)29/h2-3,5,7-13,19,25H,4,6,14-16H2,1H3,(H2,24,29)(H,26,28)/b13-10+. The van der Waals surface area contributed by atoms with Crippen LogP contribution in [0.2, 0.25) is 0 Å². The van der Waals surface area contributed by atoms with Crippen molar-refractivity contribution in [3.8, 4) is 0 Å². The Balaban J connectivity index is 1.64. The predicted molar refractivity (Wildman–Crippen MR) is 124 cm³/mol. The Morgan fingerprint density at radius 1 is 1.16 bits per heavy atom. The summed E-state index contributed by atoms with van der Waals surface area (Å²) in [5, 5.41) is 2.90. The third-order valence-corrected chi connectivity index (χ3v) is 6.89. The maximum Gasteiger partial charge on any atom is 0.248 e. The van der Waals surface area contributed by atoms with Crippen LogP contribution in [0.4, 0.5) is 5.69 Å². The molecule has 0 bridgehead atoms. The van der Waals surface area contributed by atoms with Crippen LogP contribution in [0.1, 0.15) is 24.0 Å². The van der Waals surface area contributed by atoms with Gasteiger partial charge in [-0.25, -0.2) is 13.1 Å². The highest BCUT2D eigenvalue weighted by atomic mass is 32.2. The molecule has 32 heavy (non-hydrogen) atoms. The molecular weight excluding hydrogens is 428 g/mol. The Bertz CT molecular complexity index is 1100. The van der Waals surface area contributed by atoms with E-state index in [1.165, 1.54) is 25.3 Å². The van der Waals surface area contributed by atoms with Crippen LogP contribution in [0.15, 0.2) is 59.5 Å². The maximum absolute atomic E-state index is 12.5. The lowest BCUT2D eigenvalue weighted by Crippen LogP contribution is -2.40. The lowest BCUT2D eigenvalue weighted by Gasteiger charge is -2.31. The molecule has 2 aromatic carbocycles. The minimum atomic E-state index is -3.50. The van der Waals surface area contributed by atoms with Gasteiger partial charge >= 0.3 is 0 Å². The van der Waals surface area contributed by atoms with E-state index in [0.717, 1.165) is 24.9 Å². The number of para-hydroxylation sites is 1. The van der Waals surface area contributed by atoms with Crippen LogP contribution in [-0.2, 0) is 26.2 Å². The Labute approximate surface area is 188 Å². The molecule has 2 aromatic rings. The molecule has 2 amide bonds. The Morgan fingerprint density at radius 2 is 1.88 bits per heavy atom. The van der Waals surface area contributed by atoms with Gasteiger partial charge in [0.2, 0.25) is 21.8 Å². The van der Waals surface area contributed by atoms with Gasteiger partial charge in [0, 0.05) is 24.9 Å². The molecule has 8 nitrogen and oxygen atoms in total. The number of piperidine rings is 1. The highest BCUT2D eigenvalue weighted by Gasteiger charge is 2.24. The SMILES string of the molecule is CNS(=O)(=O)c1ccc(/C=C/C(=O)Nc2ccccc2CN2CCCC(C(N)=O)C2)cc1. The van der Waals surface area contributed by atoms with Crippen molar-refractivity contribution in [2.75, 3.05) is 25.5 Å². The average molecular weight is 457 g/mol. The number of carbonyl (C=O) groups excluding carboxylic acids is 2. The van der Waals surface area contributed by atoms with Crippen LogP contribution in [0.3, 0.4) is 0 Å². The second kappa shape index (κ2) is 10.5. The number of sulfonamides is 1. The van der Waals surface area contributed by atoms with Gasteiger partial charge in [0.05, 0.1) is 10.8 Å². The van der Waals surface area contributed by atoms with Gasteiger partial charge in [0.1, 0.15) is 0 Å². The van der Waals surface area contributed by atoms with Gasteiger partial charge in [0.15, 0.2) is 0 Å². The number of amides is 2. The number of likely N-dealkylation sites (tertiary alicyclic amines) is 1. The van der Waals surface area contributed by atoms with Crippen molar-refractivity contribution in [3.63, 3.8) is 0 Å². The fraction of sp³-hybridized carbons (Fsp3) is 0.304. The van der Waals surface area contributed by atoms with Crippen molar-refractivity contribution in [3.05, 3.63) is 65.7 Å². The topological polar surface area (TPSA) is 122 Å². The fourth-order valence-corrected chi connectivity index (χ4v) is 4.40. The highest BCUT2D eigenvalue weighted by Crippen LogP contribution is 2.22. The fourth-order valence-electron chi connectivity index (χ4n) is 3.67. The van der Waals surface area contributed by atoms with Crippen LogP contribution < -0.4 is 15.8 Å². The minimum Gasteiger partial charge on any atom is -0.369 e. The molecule has 1 fully saturated rings. The normalized spacial score (nSPS) is 17.3. The van der Waals surface area contributed by atoms with E-state index in [1.54, 1.807) is 18.2 Å². The number of benzene rings is 2. The number of primary amides is 1. The molecule has 4 N–H and O–H groups in total. The van der Waals surface area contributed by atoms with Gasteiger partial charge in [-0.05, 0) is 61.8 Å². The number of hydrogen-bond donors (Lipinski definition) is 3. The van der Waals surface area contributed by atoms with Gasteiger partial charge < -0.3 is 11.1 Å². The minimum absolute atomic E-state index is 0.136. The van der Waals surface area contributed by atoms with Crippen molar-refractivity contribution < 1.29 is 18.0 Å². The second-order valence-electron chi connectivity index (χ2n) is 7.73. The van der Waals surface area contributed by atoms with Gasteiger partial charge in [-0.15, -0.1) is 0 Å². The molecule has 170 valence electrons. The first-order valence-corrected chi connectivity index (χ1v) is 11.9. The van der Waals surface area contributed by atoms with E-state index in [1.807, 2.05) is 24.3 Å². The smallest absolute Gasteiger partial charge is 0.248 e.